The lowest BCUT2D eigenvalue weighted by Gasteiger charge is -2.20. The number of nitrogens with zero attached hydrogens (tertiary/aromatic N) is 2. The lowest BCUT2D eigenvalue weighted by atomic mass is 9.86. The van der Waals surface area contributed by atoms with Crippen molar-refractivity contribution in [2.24, 2.45) is 4.99 Å². The third-order valence-electron chi connectivity index (χ3n) is 4.65. The molecular formula is C20H18N2O2. The Bertz CT molecular complexity index is 882. The highest BCUT2D eigenvalue weighted by Crippen LogP contribution is 2.37. The Labute approximate surface area is 140 Å². The van der Waals surface area contributed by atoms with E-state index in [4.69, 9.17) is 0 Å². The highest BCUT2D eigenvalue weighted by Gasteiger charge is 2.32. The van der Waals surface area contributed by atoms with Crippen LogP contribution in [0.3, 0.4) is 0 Å². The molecule has 0 fully saturated rings. The van der Waals surface area contributed by atoms with Crippen LogP contribution in [-0.2, 0) is 11.2 Å². The molecule has 4 rings (SSSR count). The zero-order chi connectivity index (χ0) is 16.7. The maximum absolute atomic E-state index is 12.8. The van der Waals surface area contributed by atoms with Crippen molar-refractivity contribution >= 4 is 17.3 Å². The largest absolute Gasteiger partial charge is 0.508 e. The van der Waals surface area contributed by atoms with Crippen LogP contribution in [0.15, 0.2) is 59.2 Å². The summed E-state index contributed by atoms with van der Waals surface area (Å²) in [6.45, 7) is 0. The van der Waals surface area contributed by atoms with E-state index < -0.39 is 0 Å². The van der Waals surface area contributed by atoms with Crippen molar-refractivity contribution in [1.29, 1.82) is 0 Å². The molecule has 1 aliphatic heterocycles. The van der Waals surface area contributed by atoms with Crippen molar-refractivity contribution in [2.75, 3.05) is 7.05 Å². The molecule has 120 valence electrons. The van der Waals surface area contributed by atoms with Gasteiger partial charge in [0.25, 0.3) is 5.91 Å². The third kappa shape index (κ3) is 2.31. The number of amidine groups is 1. The van der Waals surface area contributed by atoms with E-state index >= 15 is 0 Å². The number of phenolic OH excluding ortho intramolecular Hbond substituents is 1. The molecule has 1 N–H and O–H groups in total. The molecule has 0 radical (unpaired) electrons. The molecule has 0 spiro atoms. The number of benzene rings is 2. The number of phenols is 1. The van der Waals surface area contributed by atoms with Crippen molar-refractivity contribution < 1.29 is 9.90 Å². The van der Waals surface area contributed by atoms with Crippen LogP contribution < -0.4 is 0 Å². The van der Waals surface area contributed by atoms with Crippen molar-refractivity contribution in [3.63, 3.8) is 0 Å². The molecular weight excluding hydrogens is 300 g/mol. The van der Waals surface area contributed by atoms with Gasteiger partial charge in [-0.15, -0.1) is 0 Å². The molecule has 0 unspecified atom stereocenters. The quantitative estimate of drug-likeness (QED) is 0.820. The zero-order valence-corrected chi connectivity index (χ0v) is 13.5. The Balaban J connectivity index is 1.86. The van der Waals surface area contributed by atoms with E-state index in [0.29, 0.717) is 11.5 Å². The van der Waals surface area contributed by atoms with Gasteiger partial charge in [0.1, 0.15) is 17.3 Å². The first-order chi connectivity index (χ1) is 11.6. The number of carbonyl (C=O) groups is 1. The maximum atomic E-state index is 12.8. The summed E-state index contributed by atoms with van der Waals surface area (Å²) < 4.78 is 0. The van der Waals surface area contributed by atoms with Gasteiger partial charge in [-0.2, -0.15) is 0 Å². The number of allylic oxidation sites excluding steroid dienone is 1. The Morgan fingerprint density at radius 1 is 1.08 bits per heavy atom. The number of carbonyl (C=O) groups excluding carboxylic acids is 1. The Morgan fingerprint density at radius 3 is 2.67 bits per heavy atom. The van der Waals surface area contributed by atoms with Gasteiger partial charge in [-0.25, -0.2) is 4.99 Å². The lowest BCUT2D eigenvalue weighted by molar-refractivity contribution is -0.121. The minimum absolute atomic E-state index is 0.0650. The average molecular weight is 318 g/mol. The monoisotopic (exact) mass is 318 g/mol. The predicted octanol–water partition coefficient (Wildman–Crippen LogP) is 3.36. The standard InChI is InChI=1S/C20H18N2O2/c1-22-19(13-6-3-2-4-7-13)21-18(20(22)24)17-9-5-8-14-12-15(23)10-11-16(14)17/h2-4,6-7,10-12,23H,5,8-9H2,1H3/b18-17-. The first-order valence-electron chi connectivity index (χ1n) is 8.13. The molecule has 4 nitrogen and oxygen atoms in total. The smallest absolute Gasteiger partial charge is 0.278 e. The lowest BCUT2D eigenvalue weighted by Crippen LogP contribution is -2.28. The van der Waals surface area contributed by atoms with Crippen molar-refractivity contribution in [3.05, 3.63) is 70.9 Å². The van der Waals surface area contributed by atoms with Crippen LogP contribution in [-0.4, -0.2) is 28.8 Å². The summed E-state index contributed by atoms with van der Waals surface area (Å²) >= 11 is 0. The highest BCUT2D eigenvalue weighted by atomic mass is 16.3. The number of rotatable bonds is 1. The topological polar surface area (TPSA) is 52.9 Å². The van der Waals surface area contributed by atoms with E-state index in [-0.39, 0.29) is 11.7 Å². The fraction of sp³-hybridized carbons (Fsp3) is 0.200. The van der Waals surface area contributed by atoms with Crippen molar-refractivity contribution in [1.82, 2.24) is 4.90 Å². The molecule has 2 aromatic rings. The summed E-state index contributed by atoms with van der Waals surface area (Å²) in [6.07, 6.45) is 2.71. The number of fused-ring (bicyclic) bond motifs is 1. The fourth-order valence-electron chi connectivity index (χ4n) is 3.44. The van der Waals surface area contributed by atoms with Gasteiger partial charge in [-0.05, 0) is 48.1 Å². The van der Waals surface area contributed by atoms with Gasteiger partial charge in [0.15, 0.2) is 0 Å². The molecule has 1 aliphatic carbocycles. The number of aromatic hydroxyl groups is 1. The molecule has 0 bridgehead atoms. The van der Waals surface area contributed by atoms with Crippen LogP contribution in [0.4, 0.5) is 0 Å². The van der Waals surface area contributed by atoms with E-state index in [1.165, 1.54) is 0 Å². The summed E-state index contributed by atoms with van der Waals surface area (Å²) in [4.78, 5) is 19.1. The number of amides is 1. The first-order valence-corrected chi connectivity index (χ1v) is 8.13. The second-order valence-electron chi connectivity index (χ2n) is 6.19. The minimum Gasteiger partial charge on any atom is -0.508 e. The van der Waals surface area contributed by atoms with Gasteiger partial charge >= 0.3 is 0 Å². The van der Waals surface area contributed by atoms with Gasteiger partial charge in [0.05, 0.1) is 0 Å². The summed E-state index contributed by atoms with van der Waals surface area (Å²) in [5.74, 6) is 0.891. The summed E-state index contributed by atoms with van der Waals surface area (Å²) in [6, 6.07) is 15.1. The van der Waals surface area contributed by atoms with E-state index in [0.717, 1.165) is 41.5 Å². The van der Waals surface area contributed by atoms with Crippen LogP contribution in [0.2, 0.25) is 0 Å². The Hall–Kier alpha value is -2.88. The summed E-state index contributed by atoms with van der Waals surface area (Å²) in [7, 11) is 1.77. The van der Waals surface area contributed by atoms with Crippen molar-refractivity contribution in [3.8, 4) is 5.75 Å². The predicted molar refractivity (Wildman–Crippen MR) is 93.7 cm³/mol. The fourth-order valence-corrected chi connectivity index (χ4v) is 3.44. The van der Waals surface area contributed by atoms with Crippen LogP contribution in [0.1, 0.15) is 29.5 Å². The number of hydrogen-bond acceptors (Lipinski definition) is 3. The van der Waals surface area contributed by atoms with E-state index in [9.17, 15) is 9.90 Å². The number of hydrogen-bond donors (Lipinski definition) is 1. The Kier molecular flexibility index (Phi) is 3.45. The molecule has 2 aliphatic rings. The molecule has 1 heterocycles. The second-order valence-corrected chi connectivity index (χ2v) is 6.19. The maximum Gasteiger partial charge on any atom is 0.278 e. The molecule has 1 amide bonds. The second kappa shape index (κ2) is 5.64. The molecule has 24 heavy (non-hydrogen) atoms. The minimum atomic E-state index is -0.0650. The van der Waals surface area contributed by atoms with E-state index in [1.54, 1.807) is 24.1 Å². The molecule has 0 saturated heterocycles. The number of aryl methyl sites for hydroxylation is 1. The van der Waals surface area contributed by atoms with Gasteiger partial charge in [-0.3, -0.25) is 9.69 Å². The summed E-state index contributed by atoms with van der Waals surface area (Å²) in [5.41, 5.74) is 4.57. The third-order valence-corrected chi connectivity index (χ3v) is 4.65. The van der Waals surface area contributed by atoms with Crippen LogP contribution in [0.5, 0.6) is 5.75 Å². The first kappa shape index (κ1) is 14.7. The van der Waals surface area contributed by atoms with Crippen molar-refractivity contribution in [2.45, 2.75) is 19.3 Å². The van der Waals surface area contributed by atoms with Crippen LogP contribution in [0.25, 0.3) is 5.57 Å². The van der Waals surface area contributed by atoms with Crippen LogP contribution >= 0.6 is 0 Å². The number of likely N-dealkylation sites (N-methyl/N-ethyl adjacent to an activating group) is 1. The highest BCUT2D eigenvalue weighted by molar-refractivity contribution is 6.20. The van der Waals surface area contributed by atoms with Gasteiger partial charge in [0.2, 0.25) is 0 Å². The van der Waals surface area contributed by atoms with Gasteiger partial charge in [0, 0.05) is 12.6 Å². The van der Waals surface area contributed by atoms with Crippen LogP contribution in [0, 0.1) is 0 Å². The SMILES string of the molecule is CN1C(=O)/C(=C2\CCCc3cc(O)ccc32)N=C1c1ccccc1. The van der Waals surface area contributed by atoms with Gasteiger partial charge in [-0.1, -0.05) is 36.4 Å². The zero-order valence-electron chi connectivity index (χ0n) is 13.5. The molecule has 4 heteroatoms. The van der Waals surface area contributed by atoms with E-state index in [1.807, 2.05) is 36.4 Å². The molecule has 2 aromatic carbocycles. The normalized spacial score (nSPS) is 20.1. The average Bonchev–Trinajstić information content (AvgIpc) is 2.90. The Morgan fingerprint density at radius 2 is 1.88 bits per heavy atom. The molecule has 0 saturated carbocycles. The molecule has 0 aromatic heterocycles. The number of aliphatic imine (C=N–C) groups is 1. The van der Waals surface area contributed by atoms with E-state index in [2.05, 4.69) is 4.99 Å². The molecule has 0 atom stereocenters. The van der Waals surface area contributed by atoms with Gasteiger partial charge < -0.3 is 5.11 Å². The summed E-state index contributed by atoms with van der Waals surface area (Å²) in [5, 5.41) is 9.71.